The molecule has 1 unspecified atom stereocenters. The number of carboxylic acids is 1. The second kappa shape index (κ2) is 6.22. The average molecular weight is 289 g/mol. The third-order valence-electron chi connectivity index (χ3n) is 4.35. The summed E-state index contributed by atoms with van der Waals surface area (Å²) in [4.78, 5) is 11.2. The summed E-state index contributed by atoms with van der Waals surface area (Å²) in [6, 6.07) is -0.845. The van der Waals surface area contributed by atoms with Gasteiger partial charge < -0.3 is 5.11 Å². The van der Waals surface area contributed by atoms with Crippen LogP contribution in [0.15, 0.2) is 0 Å². The first-order chi connectivity index (χ1) is 9.00. The van der Waals surface area contributed by atoms with Crippen LogP contribution < -0.4 is 0 Å². The Hall–Kier alpha value is -0.620. The van der Waals surface area contributed by atoms with Crippen molar-refractivity contribution < 1.29 is 18.3 Å². The van der Waals surface area contributed by atoms with Gasteiger partial charge in [-0.1, -0.05) is 25.7 Å². The van der Waals surface area contributed by atoms with E-state index in [-0.39, 0.29) is 5.75 Å². The summed E-state index contributed by atoms with van der Waals surface area (Å²) in [7, 11) is -3.41. The molecule has 0 bridgehead atoms. The van der Waals surface area contributed by atoms with Crippen LogP contribution in [0.5, 0.6) is 0 Å². The van der Waals surface area contributed by atoms with Crippen LogP contribution in [0.3, 0.4) is 0 Å². The Balaban J connectivity index is 1.97. The van der Waals surface area contributed by atoms with E-state index in [2.05, 4.69) is 0 Å². The van der Waals surface area contributed by atoms with Gasteiger partial charge in [0.25, 0.3) is 0 Å². The first-order valence-electron chi connectivity index (χ1n) is 7.23. The lowest BCUT2D eigenvalue weighted by Gasteiger charge is -2.32. The molecule has 1 aliphatic carbocycles. The van der Waals surface area contributed by atoms with Crippen molar-refractivity contribution in [2.24, 2.45) is 5.92 Å². The molecule has 1 N–H and O–H groups in total. The van der Waals surface area contributed by atoms with Gasteiger partial charge in [0.1, 0.15) is 6.04 Å². The van der Waals surface area contributed by atoms with Gasteiger partial charge in [0.15, 0.2) is 0 Å². The molecule has 1 saturated carbocycles. The van der Waals surface area contributed by atoms with Crippen molar-refractivity contribution in [3.63, 3.8) is 0 Å². The number of sulfonamides is 1. The van der Waals surface area contributed by atoms with Crippen LogP contribution in [0, 0.1) is 5.92 Å². The van der Waals surface area contributed by atoms with Crippen molar-refractivity contribution in [1.29, 1.82) is 0 Å². The van der Waals surface area contributed by atoms with E-state index in [4.69, 9.17) is 5.11 Å². The molecule has 6 heteroatoms. The molecule has 0 spiro atoms. The second-order valence-electron chi connectivity index (χ2n) is 5.72. The lowest BCUT2D eigenvalue weighted by atomic mass is 10.1. The molecule has 110 valence electrons. The van der Waals surface area contributed by atoms with Crippen LogP contribution in [-0.4, -0.2) is 42.1 Å². The SMILES string of the molecule is O=C(O)C1CCCCN1S(=O)(=O)CCC1CCCC1. The van der Waals surface area contributed by atoms with Gasteiger partial charge in [-0.3, -0.25) is 4.79 Å². The van der Waals surface area contributed by atoms with Crippen LogP contribution >= 0.6 is 0 Å². The van der Waals surface area contributed by atoms with Gasteiger partial charge in [-0.15, -0.1) is 0 Å². The molecule has 2 fully saturated rings. The maximum Gasteiger partial charge on any atom is 0.322 e. The number of nitrogens with zero attached hydrogens (tertiary/aromatic N) is 1. The minimum Gasteiger partial charge on any atom is -0.480 e. The summed E-state index contributed by atoms with van der Waals surface area (Å²) in [5, 5.41) is 9.15. The van der Waals surface area contributed by atoms with Crippen molar-refractivity contribution in [3.8, 4) is 0 Å². The van der Waals surface area contributed by atoms with Gasteiger partial charge >= 0.3 is 5.97 Å². The van der Waals surface area contributed by atoms with Crippen LogP contribution in [0.4, 0.5) is 0 Å². The Labute approximate surface area is 115 Å². The molecule has 0 aromatic rings. The van der Waals surface area contributed by atoms with E-state index >= 15 is 0 Å². The van der Waals surface area contributed by atoms with E-state index < -0.39 is 22.0 Å². The fourth-order valence-electron chi connectivity index (χ4n) is 3.22. The zero-order valence-corrected chi connectivity index (χ0v) is 12.1. The number of hydrogen-bond acceptors (Lipinski definition) is 3. The van der Waals surface area contributed by atoms with Crippen LogP contribution in [0.2, 0.25) is 0 Å². The molecule has 0 aromatic heterocycles. The fraction of sp³-hybridized carbons (Fsp3) is 0.923. The Morgan fingerprint density at radius 3 is 2.37 bits per heavy atom. The van der Waals surface area contributed by atoms with E-state index in [1.807, 2.05) is 0 Å². The fourth-order valence-corrected chi connectivity index (χ4v) is 5.07. The minimum absolute atomic E-state index is 0.113. The number of aliphatic carboxylic acids is 1. The summed E-state index contributed by atoms with van der Waals surface area (Å²) in [5.41, 5.74) is 0. The highest BCUT2D eigenvalue weighted by Crippen LogP contribution is 2.29. The molecular weight excluding hydrogens is 266 g/mol. The Morgan fingerprint density at radius 1 is 1.11 bits per heavy atom. The molecule has 1 atom stereocenters. The first-order valence-corrected chi connectivity index (χ1v) is 8.84. The monoisotopic (exact) mass is 289 g/mol. The maximum atomic E-state index is 12.3. The van der Waals surface area contributed by atoms with Gasteiger partial charge in [0.05, 0.1) is 5.75 Å². The topological polar surface area (TPSA) is 74.7 Å². The van der Waals surface area contributed by atoms with E-state index in [0.717, 1.165) is 25.7 Å². The highest BCUT2D eigenvalue weighted by atomic mass is 32.2. The normalized spacial score (nSPS) is 26.6. The largest absolute Gasteiger partial charge is 0.480 e. The predicted molar refractivity (Wildman–Crippen MR) is 72.3 cm³/mol. The summed E-state index contributed by atoms with van der Waals surface area (Å²) in [5.74, 6) is -0.381. The average Bonchev–Trinajstić information content (AvgIpc) is 2.89. The van der Waals surface area contributed by atoms with Gasteiger partial charge in [-0.2, -0.15) is 4.31 Å². The predicted octanol–water partition coefficient (Wildman–Crippen LogP) is 1.84. The molecule has 1 aliphatic heterocycles. The van der Waals surface area contributed by atoms with E-state index in [9.17, 15) is 13.2 Å². The molecule has 0 aromatic carbocycles. The molecular formula is C13H23NO4S. The second-order valence-corrected chi connectivity index (χ2v) is 7.76. The van der Waals surface area contributed by atoms with Crippen molar-refractivity contribution >= 4 is 16.0 Å². The molecule has 2 aliphatic rings. The Kier molecular flexibility index (Phi) is 4.84. The molecule has 2 rings (SSSR count). The van der Waals surface area contributed by atoms with Crippen LogP contribution in [0.25, 0.3) is 0 Å². The Bertz CT molecular complexity index is 414. The molecule has 0 amide bonds. The van der Waals surface area contributed by atoms with Crippen molar-refractivity contribution in [1.82, 2.24) is 4.31 Å². The molecule has 1 saturated heterocycles. The summed E-state index contributed by atoms with van der Waals surface area (Å²) >= 11 is 0. The van der Waals surface area contributed by atoms with Gasteiger partial charge in [0, 0.05) is 6.54 Å². The summed E-state index contributed by atoms with van der Waals surface area (Å²) in [6.45, 7) is 0.365. The van der Waals surface area contributed by atoms with E-state index in [1.54, 1.807) is 0 Å². The third kappa shape index (κ3) is 3.69. The number of piperidine rings is 1. The summed E-state index contributed by atoms with van der Waals surface area (Å²) < 4.78 is 25.9. The standard InChI is InChI=1S/C13H23NO4S/c15-13(16)12-7-3-4-9-14(12)19(17,18)10-8-11-5-1-2-6-11/h11-12H,1-10H2,(H,15,16). The maximum absolute atomic E-state index is 12.3. The zero-order valence-electron chi connectivity index (χ0n) is 11.3. The highest BCUT2D eigenvalue weighted by molar-refractivity contribution is 7.89. The third-order valence-corrected chi connectivity index (χ3v) is 6.26. The number of rotatable bonds is 5. The number of hydrogen-bond donors (Lipinski definition) is 1. The first kappa shape index (κ1) is 14.8. The number of carbonyl (C=O) groups is 1. The van der Waals surface area contributed by atoms with Crippen LogP contribution in [0.1, 0.15) is 51.4 Å². The molecule has 19 heavy (non-hydrogen) atoms. The minimum atomic E-state index is -3.41. The molecule has 5 nitrogen and oxygen atoms in total. The molecule has 1 heterocycles. The van der Waals surface area contributed by atoms with Gasteiger partial charge in [-0.25, -0.2) is 8.42 Å². The summed E-state index contributed by atoms with van der Waals surface area (Å²) in [6.07, 6.45) is 7.34. The smallest absolute Gasteiger partial charge is 0.322 e. The Morgan fingerprint density at radius 2 is 1.74 bits per heavy atom. The number of carboxylic acid groups (broad SMARTS) is 1. The van der Waals surface area contributed by atoms with E-state index in [1.165, 1.54) is 17.1 Å². The highest BCUT2D eigenvalue weighted by Gasteiger charge is 2.36. The lowest BCUT2D eigenvalue weighted by Crippen LogP contribution is -2.48. The van der Waals surface area contributed by atoms with Gasteiger partial charge in [-0.05, 0) is 31.6 Å². The van der Waals surface area contributed by atoms with E-state index in [0.29, 0.717) is 25.3 Å². The zero-order chi connectivity index (χ0) is 13.9. The van der Waals surface area contributed by atoms with Crippen molar-refractivity contribution in [2.45, 2.75) is 57.4 Å². The lowest BCUT2D eigenvalue weighted by molar-refractivity contribution is -0.142. The molecule has 0 radical (unpaired) electrons. The van der Waals surface area contributed by atoms with Crippen molar-refractivity contribution in [3.05, 3.63) is 0 Å². The van der Waals surface area contributed by atoms with Gasteiger partial charge in [0.2, 0.25) is 10.0 Å². The van der Waals surface area contributed by atoms with Crippen LogP contribution in [-0.2, 0) is 14.8 Å². The quantitative estimate of drug-likeness (QED) is 0.838. The van der Waals surface area contributed by atoms with Crippen molar-refractivity contribution in [2.75, 3.05) is 12.3 Å².